The van der Waals surface area contributed by atoms with Gasteiger partial charge in [-0.25, -0.2) is 4.98 Å². The molecule has 0 saturated carbocycles. The minimum atomic E-state index is 0.786. The summed E-state index contributed by atoms with van der Waals surface area (Å²) in [6.45, 7) is 1.59. The van der Waals surface area contributed by atoms with Crippen LogP contribution in [0.25, 0.3) is 0 Å². The summed E-state index contributed by atoms with van der Waals surface area (Å²) in [5.41, 5.74) is 0. The first-order valence-corrected chi connectivity index (χ1v) is 4.65. The molecule has 6 heteroatoms. The van der Waals surface area contributed by atoms with Crippen molar-refractivity contribution in [3.8, 4) is 0 Å². The minimum Gasteiger partial charge on any atom is -0.270 e. The van der Waals surface area contributed by atoms with Crippen molar-refractivity contribution in [2.75, 3.05) is 0 Å². The fourth-order valence-electron chi connectivity index (χ4n) is 1.01. The van der Waals surface area contributed by atoms with Crippen LogP contribution in [0.5, 0.6) is 0 Å². The average molecular weight is 242 g/mol. The summed E-state index contributed by atoms with van der Waals surface area (Å²) in [5.74, 6) is 0. The van der Waals surface area contributed by atoms with Crippen LogP contribution >= 0.6 is 15.9 Å². The first-order chi connectivity index (χ1) is 6.34. The van der Waals surface area contributed by atoms with Gasteiger partial charge >= 0.3 is 0 Å². The fourth-order valence-corrected chi connectivity index (χ4v) is 1.34. The van der Waals surface area contributed by atoms with Crippen LogP contribution in [0.1, 0.15) is 0 Å². The molecule has 68 valence electrons. The normalized spacial score (nSPS) is 10.5. The zero-order valence-corrected chi connectivity index (χ0v) is 8.42. The predicted octanol–water partition coefficient (Wildman–Crippen LogP) is 0.937. The highest BCUT2D eigenvalue weighted by Gasteiger charge is 1.95. The Hall–Kier alpha value is -1.17. The molecule has 0 N–H and O–H groups in total. The van der Waals surface area contributed by atoms with Gasteiger partial charge in [0.2, 0.25) is 0 Å². The minimum absolute atomic E-state index is 0.786. The molecule has 0 amide bonds. The van der Waals surface area contributed by atoms with E-state index in [9.17, 15) is 0 Å². The molecule has 0 aliphatic carbocycles. The van der Waals surface area contributed by atoms with Crippen LogP contribution in [0.3, 0.4) is 0 Å². The van der Waals surface area contributed by atoms with Crippen molar-refractivity contribution in [1.82, 2.24) is 24.5 Å². The van der Waals surface area contributed by atoms with Crippen LogP contribution in [0.4, 0.5) is 0 Å². The van der Waals surface area contributed by atoms with Crippen molar-refractivity contribution in [3.05, 3.63) is 29.5 Å². The van der Waals surface area contributed by atoms with Crippen LogP contribution in [-0.4, -0.2) is 24.5 Å². The lowest BCUT2D eigenvalue weighted by molar-refractivity contribution is 0.498. The van der Waals surface area contributed by atoms with E-state index in [0.29, 0.717) is 0 Å². The van der Waals surface area contributed by atoms with E-state index in [4.69, 9.17) is 0 Å². The molecule has 2 aromatic rings. The van der Waals surface area contributed by atoms with E-state index in [1.807, 2.05) is 16.9 Å². The van der Waals surface area contributed by atoms with Gasteiger partial charge in [0.15, 0.2) is 0 Å². The summed E-state index contributed by atoms with van der Waals surface area (Å²) in [6.07, 6.45) is 5.14. The van der Waals surface area contributed by atoms with Gasteiger partial charge in [0.1, 0.15) is 17.3 Å². The molecule has 0 radical (unpaired) electrons. The Labute approximate surface area is 83.5 Å². The molecule has 0 aliphatic rings. The zero-order valence-electron chi connectivity index (χ0n) is 6.84. The molecule has 0 bridgehead atoms. The highest BCUT2D eigenvalue weighted by Crippen LogP contribution is 2.03. The Balaban J connectivity index is 1.93. The number of aromatic nitrogens is 5. The zero-order chi connectivity index (χ0) is 9.10. The molecule has 5 nitrogen and oxygen atoms in total. The van der Waals surface area contributed by atoms with Crippen molar-refractivity contribution in [2.45, 2.75) is 13.1 Å². The van der Waals surface area contributed by atoms with Crippen molar-refractivity contribution < 1.29 is 0 Å². The topological polar surface area (TPSA) is 48.5 Å². The number of hydrogen-bond acceptors (Lipinski definition) is 3. The maximum absolute atomic E-state index is 4.18. The van der Waals surface area contributed by atoms with Crippen molar-refractivity contribution >= 4 is 15.9 Å². The van der Waals surface area contributed by atoms with E-state index < -0.39 is 0 Å². The van der Waals surface area contributed by atoms with Crippen molar-refractivity contribution in [2.24, 2.45) is 0 Å². The SMILES string of the molecule is Brc1ccn(CCn2cncn2)n1. The van der Waals surface area contributed by atoms with E-state index in [-0.39, 0.29) is 0 Å². The highest BCUT2D eigenvalue weighted by molar-refractivity contribution is 9.10. The molecule has 0 spiro atoms. The van der Waals surface area contributed by atoms with Gasteiger partial charge in [0.25, 0.3) is 0 Å². The first kappa shape index (κ1) is 8.43. The molecule has 2 heterocycles. The molecular formula is C7H8BrN5. The lowest BCUT2D eigenvalue weighted by atomic mass is 10.6. The van der Waals surface area contributed by atoms with Gasteiger partial charge in [0, 0.05) is 6.20 Å². The lowest BCUT2D eigenvalue weighted by Crippen LogP contribution is -2.07. The second kappa shape index (κ2) is 3.69. The second-order valence-electron chi connectivity index (χ2n) is 2.56. The average Bonchev–Trinajstić information content (AvgIpc) is 2.71. The maximum atomic E-state index is 4.18. The van der Waals surface area contributed by atoms with Crippen LogP contribution in [0.2, 0.25) is 0 Å². The predicted molar refractivity (Wildman–Crippen MR) is 49.9 cm³/mol. The molecule has 2 rings (SSSR count). The third kappa shape index (κ3) is 2.15. The monoisotopic (exact) mass is 241 g/mol. The third-order valence-electron chi connectivity index (χ3n) is 1.63. The van der Waals surface area contributed by atoms with Crippen molar-refractivity contribution in [3.63, 3.8) is 0 Å². The molecular weight excluding hydrogens is 234 g/mol. The Morgan fingerprint density at radius 1 is 1.31 bits per heavy atom. The molecule has 2 aromatic heterocycles. The van der Waals surface area contributed by atoms with Gasteiger partial charge in [0.05, 0.1) is 13.1 Å². The summed E-state index contributed by atoms with van der Waals surface area (Å²) in [4.78, 5) is 3.85. The molecule has 0 aromatic carbocycles. The summed E-state index contributed by atoms with van der Waals surface area (Å²) < 4.78 is 4.48. The first-order valence-electron chi connectivity index (χ1n) is 3.86. The number of hydrogen-bond donors (Lipinski definition) is 0. The highest BCUT2D eigenvalue weighted by atomic mass is 79.9. The van der Waals surface area contributed by atoms with Gasteiger partial charge in [-0.1, -0.05) is 0 Å². The van der Waals surface area contributed by atoms with Gasteiger partial charge in [-0.05, 0) is 22.0 Å². The molecule has 0 aliphatic heterocycles. The maximum Gasteiger partial charge on any atom is 0.137 e. The standard InChI is InChI=1S/C7H8BrN5/c8-7-1-2-12(11-7)3-4-13-6-9-5-10-13/h1-2,5-6H,3-4H2. The van der Waals surface area contributed by atoms with E-state index in [0.717, 1.165) is 17.7 Å². The van der Waals surface area contributed by atoms with Crippen LogP contribution in [0.15, 0.2) is 29.5 Å². The Bertz CT molecular complexity index is 366. The number of halogens is 1. The summed E-state index contributed by atoms with van der Waals surface area (Å²) in [6, 6.07) is 1.90. The van der Waals surface area contributed by atoms with Crippen molar-refractivity contribution in [1.29, 1.82) is 0 Å². The van der Waals surface area contributed by atoms with E-state index in [1.54, 1.807) is 11.0 Å². The third-order valence-corrected chi connectivity index (χ3v) is 2.06. The summed E-state index contributed by atoms with van der Waals surface area (Å²) in [5, 5.41) is 8.17. The van der Waals surface area contributed by atoms with Gasteiger partial charge in [-0.3, -0.25) is 9.36 Å². The molecule has 0 unspecified atom stereocenters. The number of nitrogens with zero attached hydrogens (tertiary/aromatic N) is 5. The molecule has 0 atom stereocenters. The molecule has 0 fully saturated rings. The Kier molecular flexibility index (Phi) is 2.40. The quantitative estimate of drug-likeness (QED) is 0.804. The van der Waals surface area contributed by atoms with Crippen LogP contribution < -0.4 is 0 Å². The van der Waals surface area contributed by atoms with Crippen LogP contribution in [0, 0.1) is 0 Å². The lowest BCUT2D eigenvalue weighted by Gasteiger charge is -2.00. The van der Waals surface area contributed by atoms with E-state index >= 15 is 0 Å². The Morgan fingerprint density at radius 2 is 2.15 bits per heavy atom. The number of rotatable bonds is 3. The summed E-state index contributed by atoms with van der Waals surface area (Å²) in [7, 11) is 0. The number of aryl methyl sites for hydroxylation is 2. The fraction of sp³-hybridized carbons (Fsp3) is 0.286. The van der Waals surface area contributed by atoms with Crippen LogP contribution in [-0.2, 0) is 13.1 Å². The van der Waals surface area contributed by atoms with E-state index in [1.165, 1.54) is 6.33 Å². The molecule has 0 saturated heterocycles. The van der Waals surface area contributed by atoms with Gasteiger partial charge in [-0.2, -0.15) is 10.2 Å². The summed E-state index contributed by atoms with van der Waals surface area (Å²) >= 11 is 3.28. The second-order valence-corrected chi connectivity index (χ2v) is 3.37. The molecule has 13 heavy (non-hydrogen) atoms. The van der Waals surface area contributed by atoms with Gasteiger partial charge < -0.3 is 0 Å². The Morgan fingerprint density at radius 3 is 2.77 bits per heavy atom. The largest absolute Gasteiger partial charge is 0.270 e. The smallest absolute Gasteiger partial charge is 0.137 e. The van der Waals surface area contributed by atoms with E-state index in [2.05, 4.69) is 31.1 Å². The van der Waals surface area contributed by atoms with Gasteiger partial charge in [-0.15, -0.1) is 0 Å².